The molecule has 1 N–H and O–H groups in total. The predicted octanol–water partition coefficient (Wildman–Crippen LogP) is 0.272. The van der Waals surface area contributed by atoms with Gasteiger partial charge in [-0.25, -0.2) is 8.42 Å². The fourth-order valence-corrected chi connectivity index (χ4v) is 3.80. The predicted molar refractivity (Wildman–Crippen MR) is 93.9 cm³/mol. The van der Waals surface area contributed by atoms with E-state index in [1.807, 2.05) is 25.1 Å². The number of aromatic nitrogens is 2. The molecular formula is C16H22N4O4S. The Morgan fingerprint density at radius 2 is 2.20 bits per heavy atom. The molecule has 0 aliphatic carbocycles. The molecule has 0 bridgehead atoms. The van der Waals surface area contributed by atoms with Gasteiger partial charge >= 0.3 is 0 Å². The quantitative estimate of drug-likeness (QED) is 0.838. The number of benzene rings is 1. The highest BCUT2D eigenvalue weighted by molar-refractivity contribution is 7.88. The molecule has 8 nitrogen and oxygen atoms in total. The van der Waals surface area contributed by atoms with Crippen molar-refractivity contribution in [3.05, 3.63) is 29.5 Å². The Morgan fingerprint density at radius 3 is 2.92 bits per heavy atom. The molecule has 0 spiro atoms. The molecule has 25 heavy (non-hydrogen) atoms. The van der Waals surface area contributed by atoms with Gasteiger partial charge < -0.3 is 10.1 Å². The molecule has 0 radical (unpaired) electrons. The number of carbonyl (C=O) groups is 1. The van der Waals surface area contributed by atoms with Crippen molar-refractivity contribution in [2.45, 2.75) is 13.0 Å². The van der Waals surface area contributed by atoms with E-state index in [2.05, 4.69) is 10.4 Å². The standard InChI is InChI=1S/C16H22N4O4S/c1-11-4-5-14-13(8-11)15(18-19(14)2)16(21)17-9-12-10-20(6-7-24-12)25(3,22)23/h4-5,8,12H,6-7,9-10H2,1-3H3,(H,17,21). The summed E-state index contributed by atoms with van der Waals surface area (Å²) in [7, 11) is -1.46. The van der Waals surface area contributed by atoms with Crippen molar-refractivity contribution in [3.63, 3.8) is 0 Å². The zero-order chi connectivity index (χ0) is 18.2. The molecule has 2 aromatic rings. The third-order valence-corrected chi connectivity index (χ3v) is 5.55. The number of rotatable bonds is 4. The van der Waals surface area contributed by atoms with Crippen LogP contribution in [0.5, 0.6) is 0 Å². The molecule has 1 aromatic heterocycles. The van der Waals surface area contributed by atoms with Gasteiger partial charge in [-0.2, -0.15) is 9.40 Å². The number of amides is 1. The summed E-state index contributed by atoms with van der Waals surface area (Å²) in [5.41, 5.74) is 2.29. The zero-order valence-corrected chi connectivity index (χ0v) is 15.3. The Balaban J connectivity index is 1.70. The third-order valence-electron chi connectivity index (χ3n) is 4.28. The van der Waals surface area contributed by atoms with E-state index >= 15 is 0 Å². The van der Waals surface area contributed by atoms with Gasteiger partial charge in [0.1, 0.15) is 0 Å². The van der Waals surface area contributed by atoms with Gasteiger partial charge in [-0.1, -0.05) is 11.6 Å². The van der Waals surface area contributed by atoms with Gasteiger partial charge in [-0.15, -0.1) is 0 Å². The second-order valence-electron chi connectivity index (χ2n) is 6.32. The van der Waals surface area contributed by atoms with E-state index in [0.29, 0.717) is 18.8 Å². The molecule has 1 aromatic carbocycles. The number of ether oxygens (including phenoxy) is 1. The van der Waals surface area contributed by atoms with Crippen LogP contribution in [-0.2, 0) is 21.8 Å². The second kappa shape index (κ2) is 6.74. The van der Waals surface area contributed by atoms with Crippen LogP contribution in [0.3, 0.4) is 0 Å². The number of aryl methyl sites for hydroxylation is 2. The average molecular weight is 366 g/mol. The Morgan fingerprint density at radius 1 is 1.44 bits per heavy atom. The Labute approximate surface area is 146 Å². The minimum atomic E-state index is -3.25. The normalized spacial score (nSPS) is 19.2. The van der Waals surface area contributed by atoms with E-state index in [-0.39, 0.29) is 25.1 Å². The van der Waals surface area contributed by atoms with Crippen LogP contribution in [-0.4, -0.2) is 67.0 Å². The third kappa shape index (κ3) is 3.83. The van der Waals surface area contributed by atoms with Crippen LogP contribution in [0.2, 0.25) is 0 Å². The first-order chi connectivity index (χ1) is 11.8. The summed E-state index contributed by atoms with van der Waals surface area (Å²) in [5.74, 6) is -0.295. The molecule has 1 atom stereocenters. The Bertz CT molecular complexity index is 906. The van der Waals surface area contributed by atoms with Crippen LogP contribution >= 0.6 is 0 Å². The lowest BCUT2D eigenvalue weighted by Gasteiger charge is -2.31. The van der Waals surface area contributed by atoms with Gasteiger partial charge in [-0.05, 0) is 19.1 Å². The van der Waals surface area contributed by atoms with E-state index in [0.717, 1.165) is 16.5 Å². The van der Waals surface area contributed by atoms with E-state index in [4.69, 9.17) is 4.74 Å². The van der Waals surface area contributed by atoms with Crippen molar-refractivity contribution in [2.75, 3.05) is 32.5 Å². The first-order valence-electron chi connectivity index (χ1n) is 8.04. The van der Waals surface area contributed by atoms with E-state index < -0.39 is 10.0 Å². The van der Waals surface area contributed by atoms with Gasteiger partial charge in [-0.3, -0.25) is 9.48 Å². The van der Waals surface area contributed by atoms with Gasteiger partial charge in [0.25, 0.3) is 5.91 Å². The largest absolute Gasteiger partial charge is 0.374 e. The van der Waals surface area contributed by atoms with Crippen LogP contribution < -0.4 is 5.32 Å². The number of morpholine rings is 1. The lowest BCUT2D eigenvalue weighted by atomic mass is 10.1. The van der Waals surface area contributed by atoms with Gasteiger partial charge in [0.05, 0.1) is 24.5 Å². The number of carbonyl (C=O) groups excluding carboxylic acids is 1. The van der Waals surface area contributed by atoms with Crippen molar-refractivity contribution >= 4 is 26.8 Å². The van der Waals surface area contributed by atoms with E-state index in [9.17, 15) is 13.2 Å². The lowest BCUT2D eigenvalue weighted by molar-refractivity contribution is 0.000417. The Hall–Kier alpha value is -1.97. The highest BCUT2D eigenvalue weighted by atomic mass is 32.2. The van der Waals surface area contributed by atoms with E-state index in [1.54, 1.807) is 11.7 Å². The summed E-state index contributed by atoms with van der Waals surface area (Å²) >= 11 is 0. The fraction of sp³-hybridized carbons (Fsp3) is 0.500. The maximum Gasteiger partial charge on any atom is 0.272 e. The number of sulfonamides is 1. The van der Waals surface area contributed by atoms with Gasteiger partial charge in [0, 0.05) is 32.1 Å². The molecule has 1 amide bonds. The smallest absolute Gasteiger partial charge is 0.272 e. The van der Waals surface area contributed by atoms with Gasteiger partial charge in [0.2, 0.25) is 10.0 Å². The molecule has 3 rings (SSSR count). The summed E-state index contributed by atoms with van der Waals surface area (Å²) in [6.45, 7) is 3.09. The van der Waals surface area contributed by atoms with Crippen LogP contribution in [0.15, 0.2) is 18.2 Å². The minimum Gasteiger partial charge on any atom is -0.374 e. The summed E-state index contributed by atoms with van der Waals surface area (Å²) < 4.78 is 31.9. The number of hydrogen-bond donors (Lipinski definition) is 1. The molecule has 1 fully saturated rings. The second-order valence-corrected chi connectivity index (χ2v) is 8.30. The SMILES string of the molecule is Cc1ccc2c(c1)c(C(=O)NCC1CN(S(C)(=O)=O)CCO1)nn2C. The fourth-order valence-electron chi connectivity index (χ4n) is 2.95. The lowest BCUT2D eigenvalue weighted by Crippen LogP contribution is -2.49. The minimum absolute atomic E-state index is 0.231. The maximum atomic E-state index is 12.5. The number of fused-ring (bicyclic) bond motifs is 1. The molecule has 0 saturated carbocycles. The molecule has 136 valence electrons. The molecule has 2 heterocycles. The Kier molecular flexibility index (Phi) is 4.81. The zero-order valence-electron chi connectivity index (χ0n) is 14.5. The molecule has 9 heteroatoms. The van der Waals surface area contributed by atoms with Crippen LogP contribution in [0, 0.1) is 6.92 Å². The number of nitrogens with one attached hydrogen (secondary N) is 1. The first-order valence-corrected chi connectivity index (χ1v) is 9.89. The summed E-state index contributed by atoms with van der Waals surface area (Å²) in [6.07, 6.45) is 0.806. The first kappa shape index (κ1) is 17.8. The van der Waals surface area contributed by atoms with Gasteiger partial charge in [0.15, 0.2) is 5.69 Å². The summed E-state index contributed by atoms with van der Waals surface area (Å²) in [6, 6.07) is 5.84. The van der Waals surface area contributed by atoms with Crippen molar-refractivity contribution in [2.24, 2.45) is 7.05 Å². The van der Waals surface area contributed by atoms with Crippen LogP contribution in [0.4, 0.5) is 0 Å². The van der Waals surface area contributed by atoms with Crippen molar-refractivity contribution in [1.29, 1.82) is 0 Å². The molecule has 1 aliphatic rings. The highest BCUT2D eigenvalue weighted by Gasteiger charge is 2.27. The van der Waals surface area contributed by atoms with Crippen molar-refractivity contribution < 1.29 is 17.9 Å². The number of hydrogen-bond acceptors (Lipinski definition) is 5. The van der Waals surface area contributed by atoms with Crippen LogP contribution in [0.25, 0.3) is 10.9 Å². The molecular weight excluding hydrogens is 344 g/mol. The number of nitrogens with zero attached hydrogens (tertiary/aromatic N) is 3. The topological polar surface area (TPSA) is 93.5 Å². The summed E-state index contributed by atoms with van der Waals surface area (Å²) in [5, 5.41) is 7.90. The maximum absolute atomic E-state index is 12.5. The summed E-state index contributed by atoms with van der Waals surface area (Å²) in [4.78, 5) is 12.5. The van der Waals surface area contributed by atoms with Crippen molar-refractivity contribution in [1.82, 2.24) is 19.4 Å². The average Bonchev–Trinajstić information content (AvgIpc) is 2.88. The monoisotopic (exact) mass is 366 g/mol. The highest BCUT2D eigenvalue weighted by Crippen LogP contribution is 2.19. The molecule has 1 saturated heterocycles. The molecule has 1 aliphatic heterocycles. The van der Waals surface area contributed by atoms with E-state index in [1.165, 1.54) is 10.6 Å². The van der Waals surface area contributed by atoms with Crippen molar-refractivity contribution in [3.8, 4) is 0 Å². The van der Waals surface area contributed by atoms with Crippen LogP contribution in [0.1, 0.15) is 16.1 Å². The molecule has 1 unspecified atom stereocenters.